The van der Waals surface area contributed by atoms with Crippen LogP contribution in [-0.4, -0.2) is 51.5 Å². The number of carbonyl (C=O) groups is 2. The van der Waals surface area contributed by atoms with Crippen molar-refractivity contribution in [2.45, 2.75) is 12.5 Å². The van der Waals surface area contributed by atoms with Crippen molar-refractivity contribution in [2.75, 3.05) is 34.9 Å². The van der Waals surface area contributed by atoms with E-state index < -0.39 is 5.92 Å². The van der Waals surface area contributed by atoms with Gasteiger partial charge in [0.05, 0.1) is 32.3 Å². The van der Waals surface area contributed by atoms with Gasteiger partial charge < -0.3 is 23.8 Å². The van der Waals surface area contributed by atoms with Crippen LogP contribution >= 0.6 is 0 Å². The molecular formula is C26H27NO6. The molecule has 1 aliphatic carbocycles. The van der Waals surface area contributed by atoms with Gasteiger partial charge in [0.25, 0.3) is 5.91 Å². The molecule has 4 rings (SSSR count). The zero-order valence-electron chi connectivity index (χ0n) is 19.2. The summed E-state index contributed by atoms with van der Waals surface area (Å²) in [4.78, 5) is 27.1. The molecule has 1 aliphatic heterocycles. The van der Waals surface area contributed by atoms with Gasteiger partial charge in [-0.2, -0.15) is 0 Å². The fourth-order valence-corrected chi connectivity index (χ4v) is 4.11. The van der Waals surface area contributed by atoms with E-state index in [0.29, 0.717) is 35.0 Å². The lowest BCUT2D eigenvalue weighted by atomic mass is 9.79. The minimum atomic E-state index is -0.495. The monoisotopic (exact) mass is 449 g/mol. The highest BCUT2D eigenvalue weighted by molar-refractivity contribution is 5.95. The molecule has 2 aromatic rings. The van der Waals surface area contributed by atoms with Crippen molar-refractivity contribution in [3.63, 3.8) is 0 Å². The van der Waals surface area contributed by atoms with Gasteiger partial charge in [-0.05, 0) is 23.8 Å². The van der Waals surface area contributed by atoms with Crippen molar-refractivity contribution in [1.29, 1.82) is 0 Å². The normalized spacial score (nSPS) is 18.8. The molecule has 1 amide bonds. The molecular weight excluding hydrogens is 422 g/mol. The number of ketones is 1. The first-order valence-electron chi connectivity index (χ1n) is 10.7. The summed E-state index contributed by atoms with van der Waals surface area (Å²) >= 11 is 0. The molecule has 7 nitrogen and oxygen atoms in total. The van der Waals surface area contributed by atoms with Crippen molar-refractivity contribution in [2.24, 2.45) is 5.92 Å². The van der Waals surface area contributed by atoms with Gasteiger partial charge in [-0.3, -0.25) is 9.59 Å². The summed E-state index contributed by atoms with van der Waals surface area (Å²) in [6.07, 6.45) is 5.44. The molecule has 0 spiro atoms. The largest absolute Gasteiger partial charge is 0.500 e. The fourth-order valence-electron chi connectivity index (χ4n) is 4.11. The number of Topliss-reactive ketones (excluding diaryl/α,β-unsaturated/α-hetero) is 1. The van der Waals surface area contributed by atoms with Gasteiger partial charge in [0.15, 0.2) is 17.3 Å². The van der Waals surface area contributed by atoms with Crippen molar-refractivity contribution in [1.82, 2.24) is 4.90 Å². The van der Waals surface area contributed by atoms with Gasteiger partial charge in [-0.15, -0.1) is 0 Å². The molecule has 7 heteroatoms. The Labute approximate surface area is 193 Å². The standard InChI is InChI=1S/C26H27NO6/c1-27(2)26(29)17-7-5-6-16(12-17)13-33-24-20(10-11-22(30-3)25(24)31-4)19-9-8-18-14-32-15-21(18)23(19)28/h5-12,14,19,21H,13,15H2,1-4H3. The Morgan fingerprint density at radius 2 is 1.94 bits per heavy atom. The average Bonchev–Trinajstić information content (AvgIpc) is 3.32. The Morgan fingerprint density at radius 1 is 1.12 bits per heavy atom. The zero-order valence-corrected chi connectivity index (χ0v) is 19.2. The van der Waals surface area contributed by atoms with Crippen molar-refractivity contribution >= 4 is 11.7 Å². The van der Waals surface area contributed by atoms with Crippen LogP contribution in [-0.2, 0) is 16.1 Å². The highest BCUT2D eigenvalue weighted by Gasteiger charge is 2.37. The molecule has 0 fully saturated rings. The first-order valence-corrected chi connectivity index (χ1v) is 10.7. The Balaban J connectivity index is 1.68. The second kappa shape index (κ2) is 9.40. The Kier molecular flexibility index (Phi) is 6.40. The van der Waals surface area contributed by atoms with Crippen LogP contribution in [0.15, 0.2) is 60.4 Å². The second-order valence-electron chi connectivity index (χ2n) is 8.15. The van der Waals surface area contributed by atoms with Gasteiger partial charge in [0.1, 0.15) is 13.2 Å². The van der Waals surface area contributed by atoms with E-state index >= 15 is 0 Å². The van der Waals surface area contributed by atoms with E-state index in [1.807, 2.05) is 30.4 Å². The lowest BCUT2D eigenvalue weighted by Gasteiger charge is -2.25. The Hall–Kier alpha value is -3.74. The number of hydrogen-bond acceptors (Lipinski definition) is 6. The van der Waals surface area contributed by atoms with E-state index in [1.165, 1.54) is 12.0 Å². The summed E-state index contributed by atoms with van der Waals surface area (Å²) in [6.45, 7) is 0.540. The molecule has 1 heterocycles. The third kappa shape index (κ3) is 4.31. The number of rotatable bonds is 7. The number of allylic oxidation sites excluding steroid dienone is 2. The molecule has 0 aromatic heterocycles. The first-order chi connectivity index (χ1) is 15.9. The fraction of sp³-hybridized carbons (Fsp3) is 0.308. The van der Waals surface area contributed by atoms with Gasteiger partial charge in [-0.1, -0.05) is 30.4 Å². The topological polar surface area (TPSA) is 74.3 Å². The van der Waals surface area contributed by atoms with Gasteiger partial charge in [0.2, 0.25) is 5.75 Å². The van der Waals surface area contributed by atoms with Crippen molar-refractivity contribution < 1.29 is 28.5 Å². The predicted octanol–water partition coefficient (Wildman–Crippen LogP) is 3.74. The van der Waals surface area contributed by atoms with Crippen LogP contribution in [0.4, 0.5) is 0 Å². The highest BCUT2D eigenvalue weighted by atomic mass is 16.5. The summed E-state index contributed by atoms with van der Waals surface area (Å²) in [7, 11) is 6.51. The Morgan fingerprint density at radius 3 is 2.67 bits per heavy atom. The third-order valence-corrected chi connectivity index (χ3v) is 5.84. The van der Waals surface area contributed by atoms with Crippen molar-refractivity contribution in [3.05, 3.63) is 77.1 Å². The molecule has 2 unspecified atom stereocenters. The number of nitrogens with zero attached hydrogens (tertiary/aromatic N) is 1. The van der Waals surface area contributed by atoms with Crippen molar-refractivity contribution in [3.8, 4) is 17.2 Å². The number of benzene rings is 2. The lowest BCUT2D eigenvalue weighted by molar-refractivity contribution is -0.122. The number of fused-ring (bicyclic) bond motifs is 1. The number of hydrogen-bond donors (Lipinski definition) is 0. The number of amides is 1. The summed E-state index contributed by atoms with van der Waals surface area (Å²) in [6, 6.07) is 10.9. The van der Waals surface area contributed by atoms with E-state index in [0.717, 1.165) is 11.1 Å². The second-order valence-corrected chi connectivity index (χ2v) is 8.15. The number of ether oxygens (including phenoxy) is 4. The quantitative estimate of drug-likeness (QED) is 0.641. The summed E-state index contributed by atoms with van der Waals surface area (Å²) in [5.41, 5.74) is 2.98. The van der Waals surface area contributed by atoms with Crippen LogP contribution in [0.1, 0.15) is 27.4 Å². The molecule has 2 aliphatic rings. The van der Waals surface area contributed by atoms with E-state index in [-0.39, 0.29) is 24.2 Å². The maximum atomic E-state index is 13.2. The molecule has 0 saturated carbocycles. The van der Waals surface area contributed by atoms with Gasteiger partial charge >= 0.3 is 0 Å². The molecule has 33 heavy (non-hydrogen) atoms. The minimum Gasteiger partial charge on any atom is -0.500 e. The lowest BCUT2D eigenvalue weighted by Crippen LogP contribution is -2.26. The van der Waals surface area contributed by atoms with Crippen LogP contribution in [0.2, 0.25) is 0 Å². The van der Waals surface area contributed by atoms with Crippen LogP contribution < -0.4 is 14.2 Å². The van der Waals surface area contributed by atoms with E-state index in [4.69, 9.17) is 18.9 Å². The maximum absolute atomic E-state index is 13.2. The third-order valence-electron chi connectivity index (χ3n) is 5.84. The smallest absolute Gasteiger partial charge is 0.253 e. The van der Waals surface area contributed by atoms with E-state index in [1.54, 1.807) is 45.7 Å². The van der Waals surface area contributed by atoms with Gasteiger partial charge in [-0.25, -0.2) is 0 Å². The minimum absolute atomic E-state index is 0.0527. The Bertz CT molecular complexity index is 1130. The van der Waals surface area contributed by atoms with Gasteiger partial charge in [0, 0.05) is 30.8 Å². The molecule has 0 bridgehead atoms. The average molecular weight is 450 g/mol. The molecule has 2 aromatic carbocycles. The van der Waals surface area contributed by atoms with E-state index in [9.17, 15) is 9.59 Å². The van der Waals surface area contributed by atoms with Crippen LogP contribution in [0.5, 0.6) is 17.2 Å². The zero-order chi connectivity index (χ0) is 23.5. The predicted molar refractivity (Wildman–Crippen MR) is 123 cm³/mol. The molecule has 2 atom stereocenters. The SMILES string of the molecule is COc1ccc(C2C=CC3=COCC3C2=O)c(OCc2cccc(C(=O)N(C)C)c2)c1OC. The van der Waals surface area contributed by atoms with Crippen LogP contribution in [0, 0.1) is 5.92 Å². The molecule has 0 saturated heterocycles. The molecule has 172 valence electrons. The van der Waals surface area contributed by atoms with Crippen LogP contribution in [0.3, 0.4) is 0 Å². The highest BCUT2D eigenvalue weighted by Crippen LogP contribution is 2.46. The number of methoxy groups -OCH3 is 2. The molecule has 0 N–H and O–H groups in total. The summed E-state index contributed by atoms with van der Waals surface area (Å²) in [5.74, 6) is 0.551. The number of carbonyl (C=O) groups excluding carboxylic acids is 2. The summed E-state index contributed by atoms with van der Waals surface area (Å²) < 4.78 is 22.7. The first kappa shape index (κ1) is 22.5. The van der Waals surface area contributed by atoms with E-state index in [2.05, 4.69) is 0 Å². The van der Waals surface area contributed by atoms with Crippen LogP contribution in [0.25, 0.3) is 0 Å². The maximum Gasteiger partial charge on any atom is 0.253 e. The molecule has 0 radical (unpaired) electrons. The summed E-state index contributed by atoms with van der Waals surface area (Å²) in [5, 5.41) is 0.